The number of rotatable bonds is 6. The Morgan fingerprint density at radius 3 is 1.50 bits per heavy atom. The molecule has 0 unspecified atom stereocenters. The lowest BCUT2D eigenvalue weighted by atomic mass is 10.1. The molecule has 0 N–H and O–H groups in total. The maximum Gasteiger partial charge on any atom is 0.338 e. The van der Waals surface area contributed by atoms with Gasteiger partial charge in [-0.25, -0.2) is 9.59 Å². The van der Waals surface area contributed by atoms with Gasteiger partial charge in [0.1, 0.15) is 0 Å². The van der Waals surface area contributed by atoms with E-state index in [0.29, 0.717) is 0 Å². The number of nitrogens with zero attached hydrogens (tertiary/aromatic N) is 2. The largest absolute Gasteiger partial charge is 0.452 e. The van der Waals surface area contributed by atoms with Crippen molar-refractivity contribution in [2.45, 2.75) is 0 Å². The van der Waals surface area contributed by atoms with Crippen molar-refractivity contribution >= 4 is 23.8 Å². The van der Waals surface area contributed by atoms with Crippen LogP contribution in [0.5, 0.6) is 0 Å². The van der Waals surface area contributed by atoms with Crippen LogP contribution in [0.1, 0.15) is 20.7 Å². The standard InChI is InChI=1S/C16H20N2O6/c1-17(2)13(19)9-23-15(21)11-6-5-7-12(8-11)16(22)24-10-14(20)18(3)4/h5-8H,9-10H2,1-4H3. The summed E-state index contributed by atoms with van der Waals surface area (Å²) >= 11 is 0. The molecule has 0 bridgehead atoms. The van der Waals surface area contributed by atoms with Gasteiger partial charge in [-0.15, -0.1) is 0 Å². The summed E-state index contributed by atoms with van der Waals surface area (Å²) in [6, 6.07) is 5.66. The second kappa shape index (κ2) is 8.66. The monoisotopic (exact) mass is 336 g/mol. The summed E-state index contributed by atoms with van der Waals surface area (Å²) in [5.74, 6) is -2.18. The second-order valence-electron chi connectivity index (χ2n) is 5.31. The van der Waals surface area contributed by atoms with Gasteiger partial charge in [0.2, 0.25) is 0 Å². The maximum absolute atomic E-state index is 11.9. The van der Waals surface area contributed by atoms with Gasteiger partial charge in [0.25, 0.3) is 11.8 Å². The van der Waals surface area contributed by atoms with Gasteiger partial charge >= 0.3 is 11.9 Å². The van der Waals surface area contributed by atoms with E-state index in [0.717, 1.165) is 0 Å². The van der Waals surface area contributed by atoms with E-state index in [1.807, 2.05) is 0 Å². The number of carbonyl (C=O) groups is 4. The van der Waals surface area contributed by atoms with Crippen molar-refractivity contribution in [2.75, 3.05) is 41.4 Å². The van der Waals surface area contributed by atoms with Crippen molar-refractivity contribution < 1.29 is 28.7 Å². The lowest BCUT2D eigenvalue weighted by molar-refractivity contribution is -0.132. The van der Waals surface area contributed by atoms with Gasteiger partial charge in [-0.1, -0.05) is 6.07 Å². The van der Waals surface area contributed by atoms with Crippen LogP contribution in [0.15, 0.2) is 24.3 Å². The van der Waals surface area contributed by atoms with Crippen LogP contribution in [0.2, 0.25) is 0 Å². The number of amides is 2. The minimum absolute atomic E-state index is 0.106. The smallest absolute Gasteiger partial charge is 0.338 e. The fourth-order valence-corrected chi connectivity index (χ4v) is 1.45. The number of likely N-dealkylation sites (N-methyl/N-ethyl adjacent to an activating group) is 2. The Labute approximate surface area is 139 Å². The minimum Gasteiger partial charge on any atom is -0.452 e. The van der Waals surface area contributed by atoms with Crippen LogP contribution >= 0.6 is 0 Å². The molecular formula is C16H20N2O6. The highest BCUT2D eigenvalue weighted by Crippen LogP contribution is 2.09. The van der Waals surface area contributed by atoms with Crippen molar-refractivity contribution in [2.24, 2.45) is 0 Å². The molecule has 2 amide bonds. The first-order chi connectivity index (χ1) is 11.2. The molecule has 0 spiro atoms. The summed E-state index contributed by atoms with van der Waals surface area (Å²) < 4.78 is 9.75. The van der Waals surface area contributed by atoms with Gasteiger partial charge in [0.15, 0.2) is 13.2 Å². The topological polar surface area (TPSA) is 93.2 Å². The van der Waals surface area contributed by atoms with Gasteiger partial charge in [0.05, 0.1) is 11.1 Å². The second-order valence-corrected chi connectivity index (χ2v) is 5.31. The van der Waals surface area contributed by atoms with Crippen LogP contribution in [0.3, 0.4) is 0 Å². The van der Waals surface area contributed by atoms with Crippen LogP contribution in [0.4, 0.5) is 0 Å². The van der Waals surface area contributed by atoms with Gasteiger partial charge in [0, 0.05) is 28.2 Å². The minimum atomic E-state index is -0.732. The molecule has 0 aliphatic rings. The van der Waals surface area contributed by atoms with Crippen molar-refractivity contribution in [1.82, 2.24) is 9.80 Å². The van der Waals surface area contributed by atoms with Crippen molar-refractivity contribution in [3.05, 3.63) is 35.4 Å². The zero-order valence-corrected chi connectivity index (χ0v) is 14.1. The predicted molar refractivity (Wildman–Crippen MR) is 84.4 cm³/mol. The average molecular weight is 336 g/mol. The molecule has 1 aromatic carbocycles. The zero-order valence-electron chi connectivity index (χ0n) is 14.1. The Morgan fingerprint density at radius 1 is 0.792 bits per heavy atom. The van der Waals surface area contributed by atoms with Crippen LogP contribution in [0, 0.1) is 0 Å². The third-order valence-electron chi connectivity index (χ3n) is 2.99. The predicted octanol–water partition coefficient (Wildman–Crippen LogP) is 0.177. The number of esters is 2. The molecule has 24 heavy (non-hydrogen) atoms. The van der Waals surface area contributed by atoms with Crippen LogP contribution in [-0.2, 0) is 19.1 Å². The highest BCUT2D eigenvalue weighted by molar-refractivity contribution is 5.96. The lowest BCUT2D eigenvalue weighted by Gasteiger charge is -2.11. The highest BCUT2D eigenvalue weighted by atomic mass is 16.5. The molecule has 1 rings (SSSR count). The number of hydrogen-bond acceptors (Lipinski definition) is 6. The number of ether oxygens (including phenoxy) is 2. The van der Waals surface area contributed by atoms with Crippen LogP contribution in [0.25, 0.3) is 0 Å². The first-order valence-electron chi connectivity index (χ1n) is 7.07. The van der Waals surface area contributed by atoms with E-state index in [-0.39, 0.29) is 22.9 Å². The first kappa shape index (κ1) is 19.1. The SMILES string of the molecule is CN(C)C(=O)COC(=O)c1cccc(C(=O)OCC(=O)N(C)C)c1. The molecule has 8 nitrogen and oxygen atoms in total. The summed E-state index contributed by atoms with van der Waals surface area (Å²) in [5, 5.41) is 0. The molecule has 0 radical (unpaired) electrons. The fraction of sp³-hybridized carbons (Fsp3) is 0.375. The summed E-state index contributed by atoms with van der Waals surface area (Å²) in [6.07, 6.45) is 0. The molecule has 0 aliphatic carbocycles. The Balaban J connectivity index is 2.68. The molecule has 0 atom stereocenters. The van der Waals surface area contributed by atoms with E-state index in [1.54, 1.807) is 28.2 Å². The lowest BCUT2D eigenvalue weighted by Crippen LogP contribution is -2.28. The Kier molecular flexibility index (Phi) is 6.91. The molecule has 1 aromatic rings. The summed E-state index contributed by atoms with van der Waals surface area (Å²) in [4.78, 5) is 49.2. The number of benzene rings is 1. The zero-order chi connectivity index (χ0) is 18.3. The maximum atomic E-state index is 11.9. The third-order valence-corrected chi connectivity index (χ3v) is 2.99. The quantitative estimate of drug-likeness (QED) is 0.688. The summed E-state index contributed by atoms with van der Waals surface area (Å²) in [6.45, 7) is -0.782. The molecule has 8 heteroatoms. The van der Waals surface area contributed by atoms with Crippen LogP contribution in [-0.4, -0.2) is 75.0 Å². The van der Waals surface area contributed by atoms with Crippen molar-refractivity contribution in [3.8, 4) is 0 Å². The normalized spacial score (nSPS) is 9.83. The van der Waals surface area contributed by atoms with Gasteiger partial charge < -0.3 is 19.3 Å². The first-order valence-corrected chi connectivity index (χ1v) is 7.07. The van der Waals surface area contributed by atoms with Crippen molar-refractivity contribution in [1.29, 1.82) is 0 Å². The highest BCUT2D eigenvalue weighted by Gasteiger charge is 2.15. The molecular weight excluding hydrogens is 316 g/mol. The summed E-state index contributed by atoms with van der Waals surface area (Å²) in [7, 11) is 6.17. The molecule has 0 heterocycles. The van der Waals surface area contributed by atoms with Crippen LogP contribution < -0.4 is 0 Å². The third kappa shape index (κ3) is 5.71. The van der Waals surface area contributed by atoms with E-state index in [1.165, 1.54) is 34.1 Å². The Hall–Kier alpha value is -2.90. The Morgan fingerprint density at radius 2 is 1.17 bits per heavy atom. The summed E-state index contributed by atoms with van der Waals surface area (Å²) in [5.41, 5.74) is 0.213. The fourth-order valence-electron chi connectivity index (χ4n) is 1.45. The molecule has 0 saturated carbocycles. The van der Waals surface area contributed by atoms with Gasteiger partial charge in [-0.2, -0.15) is 0 Å². The van der Waals surface area contributed by atoms with Gasteiger partial charge in [-0.3, -0.25) is 9.59 Å². The Bertz CT molecular complexity index is 588. The number of hydrogen-bond donors (Lipinski definition) is 0. The van der Waals surface area contributed by atoms with E-state index in [9.17, 15) is 19.2 Å². The van der Waals surface area contributed by atoms with E-state index >= 15 is 0 Å². The van der Waals surface area contributed by atoms with E-state index in [2.05, 4.69) is 0 Å². The molecule has 0 fully saturated rings. The molecule has 0 saturated heterocycles. The molecule has 0 aromatic heterocycles. The van der Waals surface area contributed by atoms with Crippen molar-refractivity contribution in [3.63, 3.8) is 0 Å². The van der Waals surface area contributed by atoms with E-state index < -0.39 is 25.2 Å². The van der Waals surface area contributed by atoms with E-state index in [4.69, 9.17) is 9.47 Å². The molecule has 0 aliphatic heterocycles. The molecule has 130 valence electrons. The number of carbonyl (C=O) groups excluding carboxylic acids is 4. The average Bonchev–Trinajstić information content (AvgIpc) is 2.56. The van der Waals surface area contributed by atoms with Gasteiger partial charge in [-0.05, 0) is 18.2 Å².